The van der Waals surface area contributed by atoms with Crippen LogP contribution in [0.3, 0.4) is 0 Å². The lowest BCUT2D eigenvalue weighted by molar-refractivity contribution is -0.137. The molecule has 0 unspecified atom stereocenters. The number of carbonyl (C=O) groups excluding carboxylic acids is 16. The largest absolute Gasteiger partial charge is 0.508 e. The van der Waals surface area contributed by atoms with Crippen LogP contribution in [0.2, 0.25) is 0 Å². The van der Waals surface area contributed by atoms with E-state index in [-0.39, 0.29) is 85.1 Å². The minimum absolute atomic E-state index is 0.101. The van der Waals surface area contributed by atoms with Gasteiger partial charge in [-0.25, -0.2) is 4.98 Å². The third kappa shape index (κ3) is 33.0. The summed E-state index contributed by atoms with van der Waals surface area (Å²) in [5.74, 6) is -20.0. The fourth-order valence-electron chi connectivity index (χ4n) is 12.3. The Morgan fingerprint density at radius 1 is 0.418 bits per heavy atom. The van der Waals surface area contributed by atoms with Crippen molar-refractivity contribution in [1.29, 1.82) is 0 Å². The van der Waals surface area contributed by atoms with E-state index in [0.29, 0.717) is 16.7 Å². The minimum Gasteiger partial charge on any atom is -0.508 e. The van der Waals surface area contributed by atoms with E-state index < -0.39 is 236 Å². The summed E-state index contributed by atoms with van der Waals surface area (Å²) in [7, 11) is 0. The van der Waals surface area contributed by atoms with Crippen molar-refractivity contribution in [3.8, 4) is 23.0 Å². The lowest BCUT2D eigenvalue weighted by Crippen LogP contribution is -2.62. The van der Waals surface area contributed by atoms with Gasteiger partial charge in [-0.1, -0.05) is 96.5 Å². The lowest BCUT2D eigenvalue weighted by Gasteiger charge is -2.30. The third-order valence-corrected chi connectivity index (χ3v) is 20.1. The number of nitrogens with two attached hydrogens (primary N) is 1. The number of nitrogens with one attached hydrogen (secondary N) is 16. The number of H-pyrrole nitrogens is 1. The Hall–Kier alpha value is -13.0. The Balaban J connectivity index is 1.40. The average molecular weight is 1720 g/mol. The van der Waals surface area contributed by atoms with Crippen LogP contribution in [0.1, 0.15) is 88.8 Å². The minimum atomic E-state index is -1.98. The van der Waals surface area contributed by atoms with E-state index >= 15 is 14.4 Å². The number of thioether (sulfide) groups is 1. The molecule has 6 rings (SSSR count). The van der Waals surface area contributed by atoms with Crippen LogP contribution in [0, 0.1) is 17.8 Å². The number of phenolic OH excluding ortho intramolecular Hbond substituents is 4. The molecular weight excluding hydrogens is 1610 g/mol. The summed E-state index contributed by atoms with van der Waals surface area (Å²) >= 11 is 0.743. The van der Waals surface area contributed by atoms with Gasteiger partial charge in [0.05, 0.1) is 57.2 Å². The highest BCUT2D eigenvalue weighted by Crippen LogP contribution is 2.20. The number of aliphatic hydroxyl groups excluding tert-OH is 3. The molecule has 1 saturated heterocycles. The highest BCUT2D eigenvalue weighted by molar-refractivity contribution is 8.00. The normalized spacial score (nSPS) is 23.2. The molecular formula is C80H108N18O23S. The molecule has 0 bridgehead atoms. The first-order chi connectivity index (χ1) is 57.9. The highest BCUT2D eigenvalue weighted by Gasteiger charge is 2.39. The molecule has 2 heterocycles. The van der Waals surface area contributed by atoms with Crippen molar-refractivity contribution in [2.45, 2.75) is 165 Å². The molecule has 0 radical (unpaired) electrons. The van der Waals surface area contributed by atoms with Crippen LogP contribution in [-0.4, -0.2) is 264 Å². The molecule has 4 aromatic carbocycles. The van der Waals surface area contributed by atoms with Crippen LogP contribution in [0.25, 0.3) is 0 Å². The number of nitrogens with zero attached hydrogens (tertiary/aromatic N) is 1. The van der Waals surface area contributed by atoms with Gasteiger partial charge >= 0.3 is 0 Å². The molecule has 1 aliphatic rings. The molecule has 0 saturated carbocycles. The number of amides is 16. The van der Waals surface area contributed by atoms with E-state index in [0.717, 1.165) is 11.8 Å². The summed E-state index contributed by atoms with van der Waals surface area (Å²) in [6.07, 6.45) is 0.830. The van der Waals surface area contributed by atoms with Crippen LogP contribution in [0.5, 0.6) is 23.0 Å². The predicted molar refractivity (Wildman–Crippen MR) is 438 cm³/mol. The molecule has 1 fully saturated rings. The van der Waals surface area contributed by atoms with Crippen LogP contribution in [-0.2, 0) is 109 Å². The van der Waals surface area contributed by atoms with Gasteiger partial charge in [-0.05, 0) is 101 Å². The first-order valence-electron chi connectivity index (χ1n) is 39.2. The average Bonchev–Trinajstić information content (AvgIpc) is 0.991. The molecule has 0 spiro atoms. The van der Waals surface area contributed by atoms with E-state index in [1.165, 1.54) is 110 Å². The van der Waals surface area contributed by atoms with Crippen LogP contribution >= 0.6 is 11.8 Å². The van der Waals surface area contributed by atoms with E-state index in [1.54, 1.807) is 41.5 Å². The van der Waals surface area contributed by atoms with E-state index in [1.807, 2.05) is 0 Å². The van der Waals surface area contributed by atoms with Gasteiger partial charge in [-0.3, -0.25) is 76.7 Å². The number of aliphatic hydroxyl groups is 3. The van der Waals surface area contributed by atoms with Gasteiger partial charge in [-0.2, -0.15) is 0 Å². The number of imidazole rings is 1. The van der Waals surface area contributed by atoms with Crippen molar-refractivity contribution in [3.05, 3.63) is 138 Å². The number of aromatic hydroxyl groups is 4. The fourth-order valence-corrected chi connectivity index (χ4v) is 13.2. The maximum absolute atomic E-state index is 15.1. The Bertz CT molecular complexity index is 4410. The zero-order valence-corrected chi connectivity index (χ0v) is 68.8. The number of aromatic nitrogens is 2. The summed E-state index contributed by atoms with van der Waals surface area (Å²) in [6.45, 7) is 4.01. The molecule has 122 heavy (non-hydrogen) atoms. The standard InChI is InChI=1S/C80H108N18O23S/c1-7-43(6)68-80(121)95-58(29-47-14-22-52(105)23-15-47)74(115)93-57(28-46-12-20-51(104)21-13-46)75(116)96-62(37-101)79(120)97-61(36-100)78(119)91-54(25-42(4)5)72(113)92-55(26-44-8-16-49(102)17-9-44)70(111)85-33-65(107)88-60(35-99)77(118)90-53(24-41(2)3)69(110)84-34-66(108)89-63(71(112)83-32-64(81)106)38-122-39-67(109)87-56(27-45-10-18-50(103)19-11-45)73(114)94-59(76(117)98-68)30-48-31-82-40-86-48/h8-23,31,40-43,53-63,68,99-105H,7,24-30,32-39H2,1-6H3,(H2,81,106)(H,82,86)(H,83,112)(H,84,110)(H,85,111)(H,87,109)(H,88,107)(H,89,108)(H,90,118)(H,91,119)(H,92,113)(H,93,115)(H,94,114)(H,95,121)(H,96,116)(H,97,120)(H,98,117)/t43-,53-,54-,55-,56-,57-,58-,59-,60-,61-,62-,63-,68-/m0/s1. The molecule has 1 aromatic heterocycles. The van der Waals surface area contributed by atoms with Crippen molar-refractivity contribution < 1.29 is 112 Å². The number of phenols is 4. The molecule has 1 aliphatic heterocycles. The second-order valence-corrected chi connectivity index (χ2v) is 30.9. The molecule has 13 atom stereocenters. The number of benzene rings is 4. The summed E-state index contributed by atoms with van der Waals surface area (Å²) in [5.41, 5.74) is 6.85. The van der Waals surface area contributed by atoms with Gasteiger partial charge in [0.2, 0.25) is 94.5 Å². The van der Waals surface area contributed by atoms with Gasteiger partial charge in [0.15, 0.2) is 0 Å². The van der Waals surface area contributed by atoms with Crippen LogP contribution < -0.4 is 85.5 Å². The van der Waals surface area contributed by atoms with Gasteiger partial charge in [-0.15, -0.1) is 11.8 Å². The molecule has 662 valence electrons. The first-order valence-corrected chi connectivity index (χ1v) is 40.3. The first kappa shape index (κ1) is 97.9. The second kappa shape index (κ2) is 48.9. The van der Waals surface area contributed by atoms with E-state index in [9.17, 15) is 98.1 Å². The maximum atomic E-state index is 15.1. The number of hydrogen-bond acceptors (Lipinski definition) is 25. The number of carbonyl (C=O) groups is 16. The Morgan fingerprint density at radius 3 is 1.12 bits per heavy atom. The smallest absolute Gasteiger partial charge is 0.245 e. The predicted octanol–water partition coefficient (Wildman–Crippen LogP) is -5.74. The Labute approximate surface area is 705 Å². The van der Waals surface area contributed by atoms with E-state index in [4.69, 9.17) is 5.73 Å². The van der Waals surface area contributed by atoms with Crippen LogP contribution in [0.15, 0.2) is 110 Å². The van der Waals surface area contributed by atoms with Crippen molar-refractivity contribution in [1.82, 2.24) is 89.7 Å². The van der Waals surface area contributed by atoms with Gasteiger partial charge in [0.1, 0.15) is 95.5 Å². The molecule has 16 amide bonds. The topological polar surface area (TPSA) is 650 Å². The zero-order chi connectivity index (χ0) is 89.9. The zero-order valence-electron chi connectivity index (χ0n) is 68.0. The van der Waals surface area contributed by atoms with Crippen LogP contribution in [0.4, 0.5) is 0 Å². The summed E-state index contributed by atoms with van der Waals surface area (Å²) in [6, 6.07) is 1.55. The monoisotopic (exact) mass is 1720 g/mol. The highest BCUT2D eigenvalue weighted by atomic mass is 32.2. The molecule has 25 N–H and O–H groups in total. The SMILES string of the molecule is CC[C@H](C)[C@@H]1NC(=O)[C@H](Cc2c[nH]cn2)NC(=O)[C@H](Cc2ccc(O)cc2)NC(=O)CSC[C@@H](C(=O)NCC(N)=O)NC(=O)CNC(=O)[C@H](CC(C)C)NC(=O)[C@H](CO)NC(=O)CNC(=O)[C@H](Cc2ccc(O)cc2)NC(=O)[C@H](CC(C)C)NC(=O)[C@H](CO)NC(=O)[C@H](CO)NC(=O)[C@H](Cc2ccc(O)cc2)NC(=O)[C@H](Cc2ccc(O)cc2)NC1=O. The van der Waals surface area contributed by atoms with Crippen molar-refractivity contribution >= 4 is 106 Å². The van der Waals surface area contributed by atoms with Gasteiger partial charge < -0.3 is 126 Å². The quantitative estimate of drug-likeness (QED) is 0.0307. The van der Waals surface area contributed by atoms with Crippen molar-refractivity contribution in [2.24, 2.45) is 23.5 Å². The molecule has 5 aromatic rings. The third-order valence-electron chi connectivity index (χ3n) is 19.0. The summed E-state index contributed by atoms with van der Waals surface area (Å²) in [4.78, 5) is 233. The number of primary amides is 1. The van der Waals surface area contributed by atoms with Gasteiger partial charge in [0.25, 0.3) is 0 Å². The van der Waals surface area contributed by atoms with E-state index in [2.05, 4.69) is 89.7 Å². The second-order valence-electron chi connectivity index (χ2n) is 29.9. The van der Waals surface area contributed by atoms with Crippen molar-refractivity contribution in [3.63, 3.8) is 0 Å². The Kier molecular flexibility index (Phi) is 39.3. The number of rotatable bonds is 22. The maximum Gasteiger partial charge on any atom is 0.245 e. The number of aromatic amines is 1. The fraction of sp³-hybridized carbons (Fsp3) is 0.463. The molecule has 42 heteroatoms. The Morgan fingerprint density at radius 2 is 0.738 bits per heavy atom. The summed E-state index contributed by atoms with van der Waals surface area (Å²) in [5, 5.41) is 109. The number of hydrogen-bond donors (Lipinski definition) is 24. The lowest BCUT2D eigenvalue weighted by atomic mass is 9.96. The summed E-state index contributed by atoms with van der Waals surface area (Å²) < 4.78 is 0. The van der Waals surface area contributed by atoms with Gasteiger partial charge in [0, 0.05) is 44.1 Å². The van der Waals surface area contributed by atoms with Crippen molar-refractivity contribution in [2.75, 3.05) is 51.0 Å². The molecule has 41 nitrogen and oxygen atoms in total. The molecule has 0 aliphatic carbocycles.